The maximum Gasteiger partial charge on any atom is 0.233 e. The Kier molecular flexibility index (Phi) is 3.90. The third-order valence-corrected chi connectivity index (χ3v) is 5.39. The summed E-state index contributed by atoms with van der Waals surface area (Å²) in [6.45, 7) is 0.786. The lowest BCUT2D eigenvalue weighted by molar-refractivity contribution is -0.152. The molecule has 0 bridgehead atoms. The molecule has 4 rings (SSSR count). The highest BCUT2D eigenvalue weighted by atomic mass is 19.1. The van der Waals surface area contributed by atoms with Crippen molar-refractivity contribution in [1.82, 2.24) is 9.80 Å². The number of hydrogen-bond acceptors (Lipinski definition) is 3. The molecule has 0 saturated carbocycles. The van der Waals surface area contributed by atoms with Crippen LogP contribution in [0.1, 0.15) is 18.4 Å². The van der Waals surface area contributed by atoms with Gasteiger partial charge in [-0.05, 0) is 30.5 Å². The minimum atomic E-state index is -0.331. The van der Waals surface area contributed by atoms with E-state index < -0.39 is 0 Å². The summed E-state index contributed by atoms with van der Waals surface area (Å²) in [7, 11) is 0. The number of allylic oxidation sites excluding steroid dienone is 2. The summed E-state index contributed by atoms with van der Waals surface area (Å²) in [5, 5.41) is 0. The van der Waals surface area contributed by atoms with Crippen molar-refractivity contribution in [1.29, 1.82) is 0 Å². The summed E-state index contributed by atoms with van der Waals surface area (Å²) in [6.07, 6.45) is 5.39. The topological polar surface area (TPSA) is 57.7 Å². The van der Waals surface area contributed by atoms with Gasteiger partial charge in [-0.2, -0.15) is 0 Å². The van der Waals surface area contributed by atoms with Crippen LogP contribution >= 0.6 is 0 Å². The molecule has 3 amide bonds. The van der Waals surface area contributed by atoms with Crippen molar-refractivity contribution in [2.24, 2.45) is 11.8 Å². The summed E-state index contributed by atoms with van der Waals surface area (Å²) in [5.41, 5.74) is 0.750. The molecule has 1 aromatic carbocycles. The molecular weight excluding hydrogens is 323 g/mol. The molecule has 130 valence electrons. The lowest BCUT2D eigenvalue weighted by Gasteiger charge is -2.43. The number of amides is 3. The Hall–Kier alpha value is -2.50. The summed E-state index contributed by atoms with van der Waals surface area (Å²) in [5.74, 6) is -1.02. The number of carbonyl (C=O) groups is 3. The molecule has 2 fully saturated rings. The molecule has 0 aromatic heterocycles. The molecule has 5 nitrogen and oxygen atoms in total. The van der Waals surface area contributed by atoms with E-state index in [4.69, 9.17) is 0 Å². The Bertz CT molecular complexity index is 726. The zero-order valence-electron chi connectivity index (χ0n) is 13.7. The molecule has 1 aliphatic carbocycles. The van der Waals surface area contributed by atoms with Gasteiger partial charge in [0.1, 0.15) is 5.82 Å². The highest BCUT2D eigenvalue weighted by molar-refractivity contribution is 6.06. The summed E-state index contributed by atoms with van der Waals surface area (Å²) >= 11 is 0. The van der Waals surface area contributed by atoms with Gasteiger partial charge in [0.05, 0.1) is 24.3 Å². The maximum atomic E-state index is 12.9. The van der Waals surface area contributed by atoms with Crippen LogP contribution in [0.2, 0.25) is 0 Å². The molecule has 2 atom stereocenters. The number of imide groups is 1. The van der Waals surface area contributed by atoms with Crippen molar-refractivity contribution in [3.8, 4) is 0 Å². The van der Waals surface area contributed by atoms with Gasteiger partial charge in [-0.15, -0.1) is 0 Å². The first kappa shape index (κ1) is 16.0. The first-order valence-corrected chi connectivity index (χ1v) is 8.58. The van der Waals surface area contributed by atoms with E-state index in [1.54, 1.807) is 17.0 Å². The first-order chi connectivity index (χ1) is 12.0. The van der Waals surface area contributed by atoms with E-state index in [2.05, 4.69) is 0 Å². The van der Waals surface area contributed by atoms with Crippen molar-refractivity contribution in [3.63, 3.8) is 0 Å². The van der Waals surface area contributed by atoms with Crippen LogP contribution in [0.5, 0.6) is 0 Å². The van der Waals surface area contributed by atoms with Crippen LogP contribution < -0.4 is 0 Å². The Morgan fingerprint density at radius 2 is 1.56 bits per heavy atom. The van der Waals surface area contributed by atoms with E-state index in [9.17, 15) is 18.8 Å². The Labute approximate surface area is 145 Å². The van der Waals surface area contributed by atoms with Crippen LogP contribution in [0, 0.1) is 17.7 Å². The van der Waals surface area contributed by atoms with Gasteiger partial charge in [-0.1, -0.05) is 24.3 Å². The van der Waals surface area contributed by atoms with Crippen LogP contribution in [0.4, 0.5) is 4.39 Å². The molecule has 3 aliphatic rings. The quantitative estimate of drug-likeness (QED) is 0.618. The number of rotatable bonds is 3. The molecule has 2 aliphatic heterocycles. The fraction of sp³-hybridized carbons (Fsp3) is 0.421. The second-order valence-electron chi connectivity index (χ2n) is 6.96. The summed E-state index contributed by atoms with van der Waals surface area (Å²) < 4.78 is 12.9. The monoisotopic (exact) mass is 342 g/mol. The number of hydrogen-bond donors (Lipinski definition) is 0. The summed E-state index contributed by atoms with van der Waals surface area (Å²) in [6, 6.07) is 5.64. The average Bonchev–Trinajstić information content (AvgIpc) is 2.81. The third-order valence-electron chi connectivity index (χ3n) is 5.39. The van der Waals surface area contributed by atoms with Gasteiger partial charge >= 0.3 is 0 Å². The highest BCUT2D eigenvalue weighted by Crippen LogP contribution is 2.37. The molecule has 25 heavy (non-hydrogen) atoms. The van der Waals surface area contributed by atoms with Crippen LogP contribution in [-0.2, 0) is 20.8 Å². The Morgan fingerprint density at radius 3 is 2.12 bits per heavy atom. The number of carbonyl (C=O) groups excluding carboxylic acids is 3. The van der Waals surface area contributed by atoms with Gasteiger partial charge in [-0.25, -0.2) is 4.39 Å². The zero-order valence-corrected chi connectivity index (χ0v) is 13.7. The van der Waals surface area contributed by atoms with Gasteiger partial charge in [0, 0.05) is 13.1 Å². The molecule has 2 unspecified atom stereocenters. The average molecular weight is 342 g/mol. The van der Waals surface area contributed by atoms with Crippen LogP contribution in [-0.4, -0.2) is 46.7 Å². The van der Waals surface area contributed by atoms with Crippen LogP contribution in [0.15, 0.2) is 36.4 Å². The number of halogens is 1. The minimum absolute atomic E-state index is 0.0685. The van der Waals surface area contributed by atoms with Crippen molar-refractivity contribution in [2.75, 3.05) is 13.1 Å². The third kappa shape index (κ3) is 2.75. The largest absolute Gasteiger partial charge is 0.338 e. The van der Waals surface area contributed by atoms with Gasteiger partial charge in [-0.3, -0.25) is 19.3 Å². The molecule has 0 spiro atoms. The highest BCUT2D eigenvalue weighted by Gasteiger charge is 2.52. The molecule has 0 N–H and O–H groups in total. The number of fused-ring (bicyclic) bond motifs is 1. The molecule has 2 saturated heterocycles. The Morgan fingerprint density at radius 1 is 1.00 bits per heavy atom. The molecule has 6 heteroatoms. The van der Waals surface area contributed by atoms with E-state index >= 15 is 0 Å². The molecular formula is C19H19FN2O3. The van der Waals surface area contributed by atoms with Crippen molar-refractivity contribution < 1.29 is 18.8 Å². The molecule has 1 aromatic rings. The molecule has 2 heterocycles. The second-order valence-corrected chi connectivity index (χ2v) is 6.96. The minimum Gasteiger partial charge on any atom is -0.338 e. The van der Waals surface area contributed by atoms with Gasteiger partial charge < -0.3 is 4.90 Å². The van der Waals surface area contributed by atoms with E-state index in [1.807, 2.05) is 12.2 Å². The smallest absolute Gasteiger partial charge is 0.233 e. The normalized spacial score (nSPS) is 26.0. The second kappa shape index (κ2) is 6.10. The predicted molar refractivity (Wildman–Crippen MR) is 87.7 cm³/mol. The van der Waals surface area contributed by atoms with Gasteiger partial charge in [0.2, 0.25) is 17.7 Å². The number of benzene rings is 1. The van der Waals surface area contributed by atoms with Gasteiger partial charge in [0.25, 0.3) is 0 Å². The number of likely N-dealkylation sites (tertiary alicyclic amines) is 2. The fourth-order valence-electron chi connectivity index (χ4n) is 3.90. The van der Waals surface area contributed by atoms with Crippen molar-refractivity contribution in [2.45, 2.75) is 25.3 Å². The van der Waals surface area contributed by atoms with Gasteiger partial charge in [0.15, 0.2) is 0 Å². The van der Waals surface area contributed by atoms with Crippen molar-refractivity contribution >= 4 is 17.7 Å². The Balaban J connectivity index is 1.35. The first-order valence-electron chi connectivity index (χ1n) is 8.58. The molecule has 0 radical (unpaired) electrons. The fourth-order valence-corrected chi connectivity index (χ4v) is 3.90. The lowest BCUT2D eigenvalue weighted by Crippen LogP contribution is -2.62. The van der Waals surface area contributed by atoms with Crippen LogP contribution in [0.3, 0.4) is 0 Å². The summed E-state index contributed by atoms with van der Waals surface area (Å²) in [4.78, 5) is 40.4. The van der Waals surface area contributed by atoms with Crippen molar-refractivity contribution in [3.05, 3.63) is 47.8 Å². The van der Waals surface area contributed by atoms with E-state index in [1.165, 1.54) is 17.0 Å². The van der Waals surface area contributed by atoms with E-state index in [0.29, 0.717) is 25.9 Å². The predicted octanol–water partition coefficient (Wildman–Crippen LogP) is 1.53. The van der Waals surface area contributed by atoms with Crippen LogP contribution in [0.25, 0.3) is 0 Å². The zero-order chi connectivity index (χ0) is 17.6. The maximum absolute atomic E-state index is 12.9. The standard InChI is InChI=1S/C19H19FN2O3/c20-13-7-5-12(6-8-13)9-17(23)21-10-14(11-21)22-18(24)15-3-1-2-4-16(15)19(22)25/h1-2,5-8,14-16H,3-4,9-11H2. The SMILES string of the molecule is O=C(Cc1ccc(F)cc1)N1CC(N2C(=O)C3CC=CCC3C2=O)C1. The van der Waals surface area contributed by atoms with E-state index in [-0.39, 0.29) is 47.8 Å². The van der Waals surface area contributed by atoms with E-state index in [0.717, 1.165) is 5.56 Å². The number of nitrogens with zero attached hydrogens (tertiary/aromatic N) is 2. The lowest BCUT2D eigenvalue weighted by atomic mass is 9.85.